The molecule has 1 heterocycles. The van der Waals surface area contributed by atoms with Gasteiger partial charge in [0.1, 0.15) is 23.4 Å². The Hall–Kier alpha value is -3.72. The van der Waals surface area contributed by atoms with Crippen LogP contribution in [0.15, 0.2) is 54.6 Å². The Morgan fingerprint density at radius 2 is 1.73 bits per heavy atom. The lowest BCUT2D eigenvalue weighted by molar-refractivity contribution is -0.141. The van der Waals surface area contributed by atoms with Crippen molar-refractivity contribution >= 4 is 5.97 Å². The van der Waals surface area contributed by atoms with Crippen LogP contribution in [0.3, 0.4) is 0 Å². The van der Waals surface area contributed by atoms with E-state index in [9.17, 15) is 23.1 Å². The summed E-state index contributed by atoms with van der Waals surface area (Å²) in [5.41, 5.74) is 1.30. The molecule has 1 unspecified atom stereocenters. The Balaban J connectivity index is 1.38. The molecule has 2 atom stereocenters. The maximum atomic E-state index is 14.1. The number of rotatable bonds is 9. The van der Waals surface area contributed by atoms with Gasteiger partial charge < -0.3 is 24.1 Å². The Kier molecular flexibility index (Phi) is 7.92. The van der Waals surface area contributed by atoms with Crippen LogP contribution in [0.5, 0.6) is 17.2 Å². The molecule has 0 bridgehead atoms. The molecular weight excluding hydrogens is 537 g/mol. The van der Waals surface area contributed by atoms with Gasteiger partial charge >= 0.3 is 12.1 Å². The molecule has 2 aliphatic rings. The van der Waals surface area contributed by atoms with E-state index in [1.54, 1.807) is 50.2 Å². The number of carbonyl (C=O) groups is 1. The molecule has 5 rings (SSSR count). The summed E-state index contributed by atoms with van der Waals surface area (Å²) in [5.74, 6) is 1.30. The van der Waals surface area contributed by atoms with Crippen LogP contribution in [0.4, 0.5) is 13.2 Å². The highest BCUT2D eigenvalue weighted by Gasteiger charge is 2.38. The van der Waals surface area contributed by atoms with E-state index < -0.39 is 23.4 Å². The highest BCUT2D eigenvalue weighted by molar-refractivity contribution is 5.75. The van der Waals surface area contributed by atoms with Crippen molar-refractivity contribution in [3.63, 3.8) is 0 Å². The molecule has 0 saturated carbocycles. The van der Waals surface area contributed by atoms with Crippen LogP contribution in [-0.4, -0.2) is 37.0 Å². The van der Waals surface area contributed by atoms with Crippen molar-refractivity contribution in [1.82, 2.24) is 0 Å². The number of fused-ring (bicyclic) bond motifs is 2. The second-order valence-corrected chi connectivity index (χ2v) is 11.1. The monoisotopic (exact) mass is 570 g/mol. The molecule has 1 N–H and O–H groups in total. The number of esters is 1. The van der Waals surface area contributed by atoms with Gasteiger partial charge in [0, 0.05) is 24.0 Å². The summed E-state index contributed by atoms with van der Waals surface area (Å²) in [7, 11) is 1.35. The van der Waals surface area contributed by atoms with E-state index >= 15 is 0 Å². The molecule has 0 fully saturated rings. The quantitative estimate of drug-likeness (QED) is 0.279. The van der Waals surface area contributed by atoms with E-state index in [0.717, 1.165) is 17.2 Å². The third kappa shape index (κ3) is 6.45. The zero-order valence-corrected chi connectivity index (χ0v) is 23.2. The smallest absolute Gasteiger partial charge is 0.417 e. The molecular formula is C32H33F3O6. The van der Waals surface area contributed by atoms with Crippen LogP contribution in [0.25, 0.3) is 11.1 Å². The maximum absolute atomic E-state index is 14.1. The van der Waals surface area contributed by atoms with E-state index in [0.29, 0.717) is 54.2 Å². The average molecular weight is 571 g/mol. The van der Waals surface area contributed by atoms with Crippen LogP contribution in [0.1, 0.15) is 67.4 Å². The van der Waals surface area contributed by atoms with Crippen LogP contribution >= 0.6 is 0 Å². The molecule has 0 spiro atoms. The molecule has 1 aliphatic heterocycles. The molecule has 41 heavy (non-hydrogen) atoms. The maximum Gasteiger partial charge on any atom is 0.417 e. The summed E-state index contributed by atoms with van der Waals surface area (Å²) in [6, 6.07) is 14.7. The van der Waals surface area contributed by atoms with E-state index in [-0.39, 0.29) is 30.5 Å². The van der Waals surface area contributed by atoms with Gasteiger partial charge in [-0.2, -0.15) is 13.2 Å². The molecule has 3 aromatic carbocycles. The van der Waals surface area contributed by atoms with E-state index in [1.165, 1.54) is 13.2 Å². The van der Waals surface area contributed by atoms with Crippen LogP contribution in [-0.2, 0) is 22.1 Å². The van der Waals surface area contributed by atoms with Crippen molar-refractivity contribution in [1.29, 1.82) is 0 Å². The van der Waals surface area contributed by atoms with Gasteiger partial charge in [-0.05, 0) is 73.2 Å². The van der Waals surface area contributed by atoms with Crippen molar-refractivity contribution in [2.75, 3.05) is 20.3 Å². The first-order valence-electron chi connectivity index (χ1n) is 13.6. The summed E-state index contributed by atoms with van der Waals surface area (Å²) in [6.07, 6.45) is -3.33. The molecule has 0 radical (unpaired) electrons. The van der Waals surface area contributed by atoms with Crippen molar-refractivity contribution in [3.05, 3.63) is 76.9 Å². The van der Waals surface area contributed by atoms with Gasteiger partial charge in [-0.1, -0.05) is 24.3 Å². The molecule has 6 nitrogen and oxygen atoms in total. The molecule has 1 aliphatic carbocycles. The minimum Gasteiger partial charge on any atom is -0.493 e. The number of aliphatic hydroxyl groups is 1. The Morgan fingerprint density at radius 1 is 1.02 bits per heavy atom. The van der Waals surface area contributed by atoms with Gasteiger partial charge in [0.05, 0.1) is 37.9 Å². The Labute approximate surface area is 237 Å². The number of ether oxygens (including phenoxy) is 4. The fourth-order valence-electron chi connectivity index (χ4n) is 5.44. The predicted molar refractivity (Wildman–Crippen MR) is 146 cm³/mol. The van der Waals surface area contributed by atoms with Crippen molar-refractivity contribution in [2.45, 2.75) is 63.3 Å². The predicted octanol–water partition coefficient (Wildman–Crippen LogP) is 7.02. The standard InChI is InChI=1S/C32H33F3O6/c1-31(2,37)14-15-39-21-6-4-19(5-7-21)30-25-11-13-27(24(25)10-12-26(30)32(33,34)35)41-22-8-9-23-20(16-29(36)38-3)18-40-28(23)17-22/h4-10,12,17,20,27,37H,11,13-16,18H2,1-3H3/t20?,27-/m1/s1. The van der Waals surface area contributed by atoms with Crippen LogP contribution < -0.4 is 14.2 Å². The number of alkyl halides is 3. The number of benzene rings is 3. The van der Waals surface area contributed by atoms with E-state index in [4.69, 9.17) is 18.9 Å². The first-order chi connectivity index (χ1) is 19.4. The van der Waals surface area contributed by atoms with Crippen molar-refractivity contribution in [2.24, 2.45) is 0 Å². The van der Waals surface area contributed by atoms with Gasteiger partial charge in [-0.15, -0.1) is 0 Å². The number of methoxy groups -OCH3 is 1. The lowest BCUT2D eigenvalue weighted by Gasteiger charge is -2.20. The number of hydrogen-bond donors (Lipinski definition) is 1. The van der Waals surface area contributed by atoms with Gasteiger partial charge in [-0.3, -0.25) is 4.79 Å². The summed E-state index contributed by atoms with van der Waals surface area (Å²) in [5, 5.41) is 9.87. The van der Waals surface area contributed by atoms with Crippen LogP contribution in [0.2, 0.25) is 0 Å². The molecule has 3 aromatic rings. The first-order valence-corrected chi connectivity index (χ1v) is 13.6. The number of halogens is 3. The minimum absolute atomic E-state index is 0.0969. The molecule has 0 amide bonds. The largest absolute Gasteiger partial charge is 0.493 e. The van der Waals surface area contributed by atoms with Gasteiger partial charge in [0.2, 0.25) is 0 Å². The highest BCUT2D eigenvalue weighted by Crippen LogP contribution is 2.47. The van der Waals surface area contributed by atoms with Crippen LogP contribution in [0, 0.1) is 0 Å². The van der Waals surface area contributed by atoms with Gasteiger partial charge in [0.15, 0.2) is 0 Å². The number of carbonyl (C=O) groups excluding carboxylic acids is 1. The lowest BCUT2D eigenvalue weighted by Crippen LogP contribution is -2.21. The Bertz CT molecular complexity index is 1410. The second kappa shape index (κ2) is 11.3. The molecule has 9 heteroatoms. The summed E-state index contributed by atoms with van der Waals surface area (Å²) in [6.45, 7) is 4.03. The topological polar surface area (TPSA) is 74.2 Å². The summed E-state index contributed by atoms with van der Waals surface area (Å²) >= 11 is 0. The molecule has 0 saturated heterocycles. The molecule has 218 valence electrons. The van der Waals surface area contributed by atoms with Crippen molar-refractivity contribution in [3.8, 4) is 28.4 Å². The van der Waals surface area contributed by atoms with Gasteiger partial charge in [0.25, 0.3) is 0 Å². The zero-order chi connectivity index (χ0) is 29.4. The van der Waals surface area contributed by atoms with E-state index in [1.807, 2.05) is 6.07 Å². The third-order valence-electron chi connectivity index (χ3n) is 7.57. The van der Waals surface area contributed by atoms with Gasteiger partial charge in [-0.25, -0.2) is 0 Å². The average Bonchev–Trinajstić information content (AvgIpc) is 3.51. The fraction of sp³-hybridized carbons (Fsp3) is 0.406. The third-order valence-corrected chi connectivity index (χ3v) is 7.57. The second-order valence-electron chi connectivity index (χ2n) is 11.1. The molecule has 0 aromatic heterocycles. The highest BCUT2D eigenvalue weighted by atomic mass is 19.4. The number of hydrogen-bond acceptors (Lipinski definition) is 6. The first kappa shape index (κ1) is 28.8. The summed E-state index contributed by atoms with van der Waals surface area (Å²) in [4.78, 5) is 11.7. The Morgan fingerprint density at radius 3 is 2.41 bits per heavy atom. The minimum atomic E-state index is -4.52. The van der Waals surface area contributed by atoms with E-state index in [2.05, 4.69) is 0 Å². The summed E-state index contributed by atoms with van der Waals surface area (Å²) < 4.78 is 64.9. The zero-order valence-electron chi connectivity index (χ0n) is 23.2. The lowest BCUT2D eigenvalue weighted by atomic mass is 9.91. The van der Waals surface area contributed by atoms with Crippen molar-refractivity contribution < 1.29 is 42.0 Å². The fourth-order valence-corrected chi connectivity index (χ4v) is 5.44. The SMILES string of the molecule is COC(=O)CC1COc2cc(O[C@@H]3CCc4c3ccc(C(F)(F)F)c4-c3ccc(OCCC(C)(C)O)cc3)ccc21. The normalized spacial score (nSPS) is 17.9.